The number of halogens is 2. The van der Waals surface area contributed by atoms with E-state index in [4.69, 9.17) is 4.74 Å². The lowest BCUT2D eigenvalue weighted by Gasteiger charge is -2.34. The first-order valence-electron chi connectivity index (χ1n) is 7.92. The van der Waals surface area contributed by atoms with Crippen LogP contribution in [0.1, 0.15) is 37.8 Å². The van der Waals surface area contributed by atoms with Gasteiger partial charge in [-0.1, -0.05) is 13.8 Å². The number of aliphatic imine (C=N–C) groups is 1. The summed E-state index contributed by atoms with van der Waals surface area (Å²) in [5, 5.41) is 11.0. The molecule has 1 aliphatic heterocycles. The van der Waals surface area contributed by atoms with Crippen molar-refractivity contribution in [3.63, 3.8) is 0 Å². The standard InChI is InChI=1S/C18H16F2N2O3/c1-3-18(4-2)21-17(13-7-5-11(19)9-15(13)20)14-8-6-12(22(23)24)10-16(14)25-18/h5-10H,3-4H2,1-2H3. The van der Waals surface area contributed by atoms with Gasteiger partial charge < -0.3 is 4.74 Å². The normalized spacial score (nSPS) is 15.1. The Morgan fingerprint density at radius 2 is 1.80 bits per heavy atom. The van der Waals surface area contributed by atoms with Crippen molar-refractivity contribution in [1.29, 1.82) is 0 Å². The van der Waals surface area contributed by atoms with Crippen molar-refractivity contribution in [1.82, 2.24) is 0 Å². The summed E-state index contributed by atoms with van der Waals surface area (Å²) in [5.74, 6) is -1.16. The first-order valence-corrected chi connectivity index (χ1v) is 7.92. The van der Waals surface area contributed by atoms with E-state index in [9.17, 15) is 18.9 Å². The van der Waals surface area contributed by atoms with Crippen molar-refractivity contribution in [2.45, 2.75) is 32.4 Å². The summed E-state index contributed by atoms with van der Waals surface area (Å²) >= 11 is 0. The number of fused-ring (bicyclic) bond motifs is 1. The fraction of sp³-hybridized carbons (Fsp3) is 0.278. The molecule has 0 unspecified atom stereocenters. The van der Waals surface area contributed by atoms with Crippen LogP contribution in [0.25, 0.3) is 0 Å². The molecule has 3 rings (SSSR count). The van der Waals surface area contributed by atoms with E-state index >= 15 is 0 Å². The van der Waals surface area contributed by atoms with Crippen molar-refractivity contribution in [3.8, 4) is 5.75 Å². The monoisotopic (exact) mass is 346 g/mol. The van der Waals surface area contributed by atoms with Crippen LogP contribution < -0.4 is 4.74 Å². The summed E-state index contributed by atoms with van der Waals surface area (Å²) in [6, 6.07) is 7.36. The van der Waals surface area contributed by atoms with Crippen molar-refractivity contribution in [2.24, 2.45) is 4.99 Å². The smallest absolute Gasteiger partial charge is 0.273 e. The quantitative estimate of drug-likeness (QED) is 0.599. The molecular weight excluding hydrogens is 330 g/mol. The van der Waals surface area contributed by atoms with Gasteiger partial charge in [-0.2, -0.15) is 0 Å². The van der Waals surface area contributed by atoms with E-state index in [1.54, 1.807) is 0 Å². The third-order valence-electron chi connectivity index (χ3n) is 4.34. The summed E-state index contributed by atoms with van der Waals surface area (Å²) in [5.41, 5.74) is -0.198. The van der Waals surface area contributed by atoms with E-state index in [1.807, 2.05) is 13.8 Å². The van der Waals surface area contributed by atoms with Crippen molar-refractivity contribution >= 4 is 11.4 Å². The van der Waals surface area contributed by atoms with Gasteiger partial charge in [-0.3, -0.25) is 10.1 Å². The van der Waals surface area contributed by atoms with E-state index in [2.05, 4.69) is 4.99 Å². The molecule has 0 atom stereocenters. The third kappa shape index (κ3) is 2.97. The lowest BCUT2D eigenvalue weighted by molar-refractivity contribution is -0.385. The highest BCUT2D eigenvalue weighted by molar-refractivity contribution is 6.15. The lowest BCUT2D eigenvalue weighted by Crippen LogP contribution is -2.37. The molecule has 0 bridgehead atoms. The summed E-state index contributed by atoms with van der Waals surface area (Å²) in [6.45, 7) is 3.74. The van der Waals surface area contributed by atoms with Crippen LogP contribution in [-0.2, 0) is 0 Å². The fourth-order valence-electron chi connectivity index (χ4n) is 2.84. The summed E-state index contributed by atoms with van der Waals surface area (Å²) in [7, 11) is 0. The Hall–Kier alpha value is -2.83. The number of ether oxygens (including phenoxy) is 1. The highest BCUT2D eigenvalue weighted by Crippen LogP contribution is 2.38. The minimum absolute atomic E-state index is 0.124. The molecule has 0 N–H and O–H groups in total. The van der Waals surface area contributed by atoms with E-state index in [-0.39, 0.29) is 17.0 Å². The molecule has 0 aliphatic carbocycles. The van der Waals surface area contributed by atoms with Gasteiger partial charge in [0.2, 0.25) is 0 Å². The van der Waals surface area contributed by atoms with Gasteiger partial charge in [-0.15, -0.1) is 0 Å². The van der Waals surface area contributed by atoms with Crippen LogP contribution in [0.2, 0.25) is 0 Å². The zero-order chi connectivity index (χ0) is 18.2. The van der Waals surface area contributed by atoms with E-state index in [1.165, 1.54) is 24.3 Å². The van der Waals surface area contributed by atoms with Gasteiger partial charge in [0, 0.05) is 36.1 Å². The van der Waals surface area contributed by atoms with Gasteiger partial charge in [-0.05, 0) is 18.2 Å². The number of hydrogen-bond donors (Lipinski definition) is 0. The SMILES string of the molecule is CCC1(CC)N=C(c2ccc(F)cc2F)c2ccc([N+](=O)[O-])cc2O1. The third-order valence-corrected chi connectivity index (χ3v) is 4.34. The van der Waals surface area contributed by atoms with Crippen molar-refractivity contribution in [2.75, 3.05) is 0 Å². The maximum atomic E-state index is 14.3. The van der Waals surface area contributed by atoms with E-state index in [0.717, 1.165) is 12.1 Å². The van der Waals surface area contributed by atoms with Gasteiger partial charge in [0.1, 0.15) is 17.4 Å². The first kappa shape index (κ1) is 17.0. The Labute approximate surface area is 143 Å². The van der Waals surface area contributed by atoms with Crippen molar-refractivity contribution < 1.29 is 18.4 Å². The number of hydrogen-bond acceptors (Lipinski definition) is 4. The van der Waals surface area contributed by atoms with E-state index in [0.29, 0.717) is 24.1 Å². The van der Waals surface area contributed by atoms with Crippen LogP contribution in [0.15, 0.2) is 41.4 Å². The van der Waals surface area contributed by atoms with Gasteiger partial charge in [0.25, 0.3) is 5.69 Å². The Kier molecular flexibility index (Phi) is 4.24. The molecule has 0 amide bonds. The topological polar surface area (TPSA) is 64.7 Å². The Morgan fingerprint density at radius 1 is 1.12 bits per heavy atom. The average molecular weight is 346 g/mol. The summed E-state index contributed by atoms with van der Waals surface area (Å²) in [4.78, 5) is 15.1. The molecule has 0 fully saturated rings. The molecule has 0 saturated carbocycles. The zero-order valence-electron chi connectivity index (χ0n) is 13.8. The van der Waals surface area contributed by atoms with Gasteiger partial charge in [0.05, 0.1) is 16.7 Å². The molecule has 2 aromatic rings. The molecule has 130 valence electrons. The van der Waals surface area contributed by atoms with Crippen LogP contribution in [0.3, 0.4) is 0 Å². The van der Waals surface area contributed by atoms with Crippen LogP contribution in [-0.4, -0.2) is 16.4 Å². The number of nitro benzene ring substituents is 1. The molecule has 2 aromatic carbocycles. The fourth-order valence-corrected chi connectivity index (χ4v) is 2.84. The maximum Gasteiger partial charge on any atom is 0.273 e. The Bertz CT molecular complexity index is 877. The summed E-state index contributed by atoms with van der Waals surface area (Å²) in [6.07, 6.45) is 0.996. The average Bonchev–Trinajstić information content (AvgIpc) is 2.60. The molecule has 7 heteroatoms. The van der Waals surface area contributed by atoms with E-state index < -0.39 is 22.3 Å². The van der Waals surface area contributed by atoms with Crippen LogP contribution in [0.5, 0.6) is 5.75 Å². The molecular formula is C18H16F2N2O3. The van der Waals surface area contributed by atoms with Crippen LogP contribution in [0, 0.1) is 21.7 Å². The second-order valence-corrected chi connectivity index (χ2v) is 5.78. The number of rotatable bonds is 4. The molecule has 25 heavy (non-hydrogen) atoms. The largest absolute Gasteiger partial charge is 0.465 e. The van der Waals surface area contributed by atoms with Gasteiger partial charge in [0.15, 0.2) is 5.72 Å². The van der Waals surface area contributed by atoms with Crippen molar-refractivity contribution in [3.05, 3.63) is 69.3 Å². The number of non-ortho nitro benzene ring substituents is 1. The minimum Gasteiger partial charge on any atom is -0.465 e. The number of nitrogens with zero attached hydrogens (tertiary/aromatic N) is 2. The molecule has 5 nitrogen and oxygen atoms in total. The van der Waals surface area contributed by atoms with Gasteiger partial charge in [-0.25, -0.2) is 13.8 Å². The molecule has 0 saturated heterocycles. The number of benzene rings is 2. The second kappa shape index (κ2) is 6.23. The van der Waals surface area contributed by atoms with Crippen LogP contribution >= 0.6 is 0 Å². The zero-order valence-corrected chi connectivity index (χ0v) is 13.8. The molecule has 0 radical (unpaired) electrons. The van der Waals surface area contributed by atoms with Gasteiger partial charge >= 0.3 is 0 Å². The maximum absolute atomic E-state index is 14.3. The first-order chi connectivity index (χ1) is 11.9. The Balaban J connectivity index is 2.24. The molecule has 1 heterocycles. The highest BCUT2D eigenvalue weighted by Gasteiger charge is 2.36. The predicted octanol–water partition coefficient (Wildman–Crippen LogP) is 4.62. The predicted molar refractivity (Wildman–Crippen MR) is 89.0 cm³/mol. The highest BCUT2D eigenvalue weighted by atomic mass is 19.1. The lowest BCUT2D eigenvalue weighted by atomic mass is 9.96. The number of nitro groups is 1. The van der Waals surface area contributed by atoms with Crippen LogP contribution in [0.4, 0.5) is 14.5 Å². The molecule has 0 spiro atoms. The molecule has 1 aliphatic rings. The second-order valence-electron chi connectivity index (χ2n) is 5.78. The Morgan fingerprint density at radius 3 is 2.40 bits per heavy atom. The molecule has 0 aromatic heterocycles. The minimum atomic E-state index is -0.946. The summed E-state index contributed by atoms with van der Waals surface area (Å²) < 4.78 is 33.5.